The van der Waals surface area contributed by atoms with Crippen LogP contribution in [-0.2, 0) is 11.2 Å². The number of benzene rings is 2. The highest BCUT2D eigenvalue weighted by Crippen LogP contribution is 2.18. The monoisotopic (exact) mass is 297 g/mol. The minimum atomic E-state index is -0.503. The molecule has 3 heteroatoms. The molecule has 0 bridgehead atoms. The molecule has 0 saturated carbocycles. The van der Waals surface area contributed by atoms with Gasteiger partial charge in [0, 0.05) is 12.2 Å². The first-order valence-electron chi connectivity index (χ1n) is 7.55. The van der Waals surface area contributed by atoms with Gasteiger partial charge < -0.3 is 4.74 Å². The van der Waals surface area contributed by atoms with Gasteiger partial charge in [-0.2, -0.15) is 0 Å². The van der Waals surface area contributed by atoms with E-state index in [-0.39, 0.29) is 6.09 Å². The molecule has 0 aliphatic carbocycles. The number of rotatable bonds is 4. The Labute approximate surface area is 132 Å². The zero-order valence-electron chi connectivity index (χ0n) is 13.5. The molecule has 0 aliphatic rings. The van der Waals surface area contributed by atoms with Crippen LogP contribution in [-0.4, -0.2) is 18.2 Å². The lowest BCUT2D eigenvalue weighted by atomic mass is 10.1. The van der Waals surface area contributed by atoms with E-state index in [2.05, 4.69) is 12.1 Å². The zero-order chi connectivity index (χ0) is 16.0. The van der Waals surface area contributed by atoms with Crippen LogP contribution in [0.1, 0.15) is 26.3 Å². The Bertz CT molecular complexity index is 588. The molecule has 0 spiro atoms. The van der Waals surface area contributed by atoms with Gasteiger partial charge in [-0.25, -0.2) is 4.79 Å². The molecule has 1 amide bonds. The van der Waals surface area contributed by atoms with E-state index in [1.165, 1.54) is 5.56 Å². The minimum absolute atomic E-state index is 0.311. The first kappa shape index (κ1) is 16.1. The smallest absolute Gasteiger partial charge is 0.414 e. The Morgan fingerprint density at radius 3 is 2.05 bits per heavy atom. The van der Waals surface area contributed by atoms with E-state index in [1.807, 2.05) is 69.3 Å². The van der Waals surface area contributed by atoms with E-state index in [9.17, 15) is 4.79 Å². The van der Waals surface area contributed by atoms with Crippen molar-refractivity contribution in [1.29, 1.82) is 0 Å². The van der Waals surface area contributed by atoms with Crippen LogP contribution in [0.15, 0.2) is 60.7 Å². The van der Waals surface area contributed by atoms with E-state index in [1.54, 1.807) is 4.90 Å². The lowest BCUT2D eigenvalue weighted by Crippen LogP contribution is -2.38. The van der Waals surface area contributed by atoms with Gasteiger partial charge in [-0.15, -0.1) is 0 Å². The summed E-state index contributed by atoms with van der Waals surface area (Å²) in [4.78, 5) is 14.2. The van der Waals surface area contributed by atoms with Crippen molar-refractivity contribution in [2.75, 3.05) is 11.4 Å². The van der Waals surface area contributed by atoms with Crippen molar-refractivity contribution >= 4 is 11.8 Å². The normalized spacial score (nSPS) is 11.0. The van der Waals surface area contributed by atoms with Crippen molar-refractivity contribution in [3.05, 3.63) is 66.2 Å². The van der Waals surface area contributed by atoms with E-state index in [0.717, 1.165) is 12.1 Å². The first-order chi connectivity index (χ1) is 10.5. The average Bonchev–Trinajstić information content (AvgIpc) is 2.48. The van der Waals surface area contributed by atoms with Crippen molar-refractivity contribution in [2.24, 2.45) is 0 Å². The molecule has 2 aromatic rings. The van der Waals surface area contributed by atoms with Crippen LogP contribution in [0.5, 0.6) is 0 Å². The number of nitrogens with zero attached hydrogens (tertiary/aromatic N) is 1. The van der Waals surface area contributed by atoms with Crippen LogP contribution >= 0.6 is 0 Å². The maximum Gasteiger partial charge on any atom is 0.414 e. The highest BCUT2D eigenvalue weighted by Gasteiger charge is 2.23. The Hall–Kier alpha value is -2.29. The molecule has 22 heavy (non-hydrogen) atoms. The van der Waals surface area contributed by atoms with Crippen LogP contribution in [0.4, 0.5) is 10.5 Å². The lowest BCUT2D eigenvalue weighted by molar-refractivity contribution is 0.0581. The van der Waals surface area contributed by atoms with Crippen molar-refractivity contribution in [3.8, 4) is 0 Å². The fourth-order valence-electron chi connectivity index (χ4n) is 2.14. The minimum Gasteiger partial charge on any atom is -0.443 e. The Morgan fingerprint density at radius 1 is 0.955 bits per heavy atom. The number of para-hydroxylation sites is 1. The van der Waals surface area contributed by atoms with Crippen molar-refractivity contribution < 1.29 is 9.53 Å². The summed E-state index contributed by atoms with van der Waals surface area (Å²) in [7, 11) is 0. The van der Waals surface area contributed by atoms with Crippen molar-refractivity contribution in [3.63, 3.8) is 0 Å². The van der Waals surface area contributed by atoms with Gasteiger partial charge in [0.1, 0.15) is 5.60 Å². The molecule has 0 aromatic heterocycles. The summed E-state index contributed by atoms with van der Waals surface area (Å²) in [6.45, 7) is 6.23. The summed E-state index contributed by atoms with van der Waals surface area (Å²) < 4.78 is 5.53. The van der Waals surface area contributed by atoms with Gasteiger partial charge in [0.15, 0.2) is 0 Å². The van der Waals surface area contributed by atoms with Crippen LogP contribution in [0.2, 0.25) is 0 Å². The number of carbonyl (C=O) groups excluding carboxylic acids is 1. The Kier molecular flexibility index (Phi) is 5.21. The van der Waals surface area contributed by atoms with Gasteiger partial charge in [0.05, 0.1) is 0 Å². The molecule has 0 N–H and O–H groups in total. The Balaban J connectivity index is 2.13. The quantitative estimate of drug-likeness (QED) is 0.820. The maximum absolute atomic E-state index is 12.5. The summed E-state index contributed by atoms with van der Waals surface area (Å²) in [5.41, 5.74) is 1.55. The summed E-state index contributed by atoms with van der Waals surface area (Å²) in [6.07, 6.45) is 0.476. The number of carbonyl (C=O) groups is 1. The topological polar surface area (TPSA) is 29.5 Å². The molecule has 2 rings (SSSR count). The van der Waals surface area contributed by atoms with Crippen LogP contribution < -0.4 is 4.90 Å². The molecule has 0 fully saturated rings. The van der Waals surface area contributed by atoms with Gasteiger partial charge in [0.2, 0.25) is 0 Å². The molecule has 0 atom stereocenters. The SMILES string of the molecule is CC(C)(C)OC(=O)N(CCc1ccccc1)c1ccccc1. The summed E-state index contributed by atoms with van der Waals surface area (Å²) in [6, 6.07) is 19.8. The molecule has 3 nitrogen and oxygen atoms in total. The third kappa shape index (κ3) is 4.92. The second-order valence-corrected chi connectivity index (χ2v) is 6.20. The molecule has 2 aromatic carbocycles. The highest BCUT2D eigenvalue weighted by atomic mass is 16.6. The summed E-state index contributed by atoms with van der Waals surface area (Å²) in [5, 5.41) is 0. The second-order valence-electron chi connectivity index (χ2n) is 6.20. The van der Waals surface area contributed by atoms with Crippen molar-refractivity contribution in [2.45, 2.75) is 32.8 Å². The molecule has 0 unspecified atom stereocenters. The van der Waals surface area contributed by atoms with Crippen LogP contribution in [0, 0.1) is 0 Å². The fourth-order valence-corrected chi connectivity index (χ4v) is 2.14. The van der Waals surface area contributed by atoms with E-state index in [0.29, 0.717) is 6.54 Å². The lowest BCUT2D eigenvalue weighted by Gasteiger charge is -2.27. The van der Waals surface area contributed by atoms with Crippen LogP contribution in [0.25, 0.3) is 0 Å². The standard InChI is InChI=1S/C19H23NO2/c1-19(2,3)22-18(21)20(17-12-8-5-9-13-17)15-14-16-10-6-4-7-11-16/h4-13H,14-15H2,1-3H3. The predicted molar refractivity (Wildman–Crippen MR) is 90.2 cm³/mol. The molecule has 116 valence electrons. The maximum atomic E-state index is 12.5. The second kappa shape index (κ2) is 7.12. The molecule has 0 saturated heterocycles. The van der Waals surface area contributed by atoms with Crippen molar-refractivity contribution in [1.82, 2.24) is 0 Å². The number of anilines is 1. The zero-order valence-corrected chi connectivity index (χ0v) is 13.5. The van der Waals surface area contributed by atoms with Gasteiger partial charge in [-0.05, 0) is 44.9 Å². The summed E-state index contributed by atoms with van der Waals surface area (Å²) >= 11 is 0. The number of hydrogen-bond acceptors (Lipinski definition) is 2. The van der Waals surface area contributed by atoms with E-state index in [4.69, 9.17) is 4.74 Å². The third-order valence-electron chi connectivity index (χ3n) is 3.15. The molecule has 0 aliphatic heterocycles. The van der Waals surface area contributed by atoms with E-state index >= 15 is 0 Å². The average molecular weight is 297 g/mol. The predicted octanol–water partition coefficient (Wildman–Crippen LogP) is 4.67. The first-order valence-corrected chi connectivity index (χ1v) is 7.55. The number of ether oxygens (including phenoxy) is 1. The largest absolute Gasteiger partial charge is 0.443 e. The third-order valence-corrected chi connectivity index (χ3v) is 3.15. The van der Waals surface area contributed by atoms with Gasteiger partial charge in [0.25, 0.3) is 0 Å². The van der Waals surface area contributed by atoms with Gasteiger partial charge >= 0.3 is 6.09 Å². The summed E-state index contributed by atoms with van der Waals surface area (Å²) in [5.74, 6) is 0. The van der Waals surface area contributed by atoms with E-state index < -0.39 is 5.60 Å². The molecule has 0 radical (unpaired) electrons. The molecular formula is C19H23NO2. The number of hydrogen-bond donors (Lipinski definition) is 0. The molecular weight excluding hydrogens is 274 g/mol. The highest BCUT2D eigenvalue weighted by molar-refractivity contribution is 5.87. The number of amides is 1. The molecule has 0 heterocycles. The van der Waals surface area contributed by atoms with Gasteiger partial charge in [-0.1, -0.05) is 48.5 Å². The fraction of sp³-hybridized carbons (Fsp3) is 0.316. The Morgan fingerprint density at radius 2 is 1.50 bits per heavy atom. The van der Waals surface area contributed by atoms with Gasteiger partial charge in [-0.3, -0.25) is 4.90 Å². The van der Waals surface area contributed by atoms with Crippen LogP contribution in [0.3, 0.4) is 0 Å².